The minimum absolute atomic E-state index is 0.118. The lowest BCUT2D eigenvalue weighted by Gasteiger charge is -2.35. The molecule has 11 heteroatoms. The minimum Gasteiger partial charge on any atom is -0.508 e. The maximum absolute atomic E-state index is 13.5. The van der Waals surface area contributed by atoms with Crippen LogP contribution in [-0.4, -0.2) is 94.9 Å². The van der Waals surface area contributed by atoms with E-state index in [2.05, 4.69) is 85.7 Å². The summed E-state index contributed by atoms with van der Waals surface area (Å²) in [6.45, 7) is 16.2. The molecule has 2 aromatic carbocycles. The molecule has 2 atom stereocenters. The Morgan fingerprint density at radius 1 is 1.04 bits per heavy atom. The molecule has 0 aliphatic carbocycles. The summed E-state index contributed by atoms with van der Waals surface area (Å²) in [5.74, 6) is -0.350. The Morgan fingerprint density at radius 3 is 2.55 bits per heavy atom. The van der Waals surface area contributed by atoms with Gasteiger partial charge in [-0.1, -0.05) is 39.8 Å². The predicted molar refractivity (Wildman–Crippen MR) is 210 cm³/mol. The number of fused-ring (bicyclic) bond motifs is 6. The Morgan fingerprint density at radius 2 is 1.81 bits per heavy atom. The first-order valence-electron chi connectivity index (χ1n) is 19.2. The van der Waals surface area contributed by atoms with Gasteiger partial charge in [0.2, 0.25) is 0 Å². The number of nitrogens with two attached hydrogens (primary N) is 1. The summed E-state index contributed by atoms with van der Waals surface area (Å²) < 4.78 is 8.48. The molecule has 5 heterocycles. The number of carbonyl (C=O) groups excluding carboxylic acids is 2. The summed E-state index contributed by atoms with van der Waals surface area (Å²) in [6.07, 6.45) is 4.14. The number of aromatic hydroxyl groups is 1. The largest absolute Gasteiger partial charge is 0.508 e. The molecule has 0 unspecified atom stereocenters. The highest BCUT2D eigenvalue weighted by Gasteiger charge is 2.34. The number of rotatable bonds is 4. The van der Waals surface area contributed by atoms with Crippen LogP contribution in [0.1, 0.15) is 70.2 Å². The maximum Gasteiger partial charge on any atom is 0.324 e. The molecular weight excluding hydrogens is 667 g/mol. The Balaban J connectivity index is 1.42. The van der Waals surface area contributed by atoms with Gasteiger partial charge in [-0.05, 0) is 98.2 Å². The molecule has 0 spiro atoms. The minimum atomic E-state index is -0.856. The number of nitrogens with zero attached hydrogens (tertiary/aromatic N) is 5. The second-order valence-electron chi connectivity index (χ2n) is 16.3. The van der Waals surface area contributed by atoms with E-state index in [4.69, 9.17) is 15.5 Å². The van der Waals surface area contributed by atoms with Crippen LogP contribution < -0.4 is 16.1 Å². The molecule has 1 amide bonds. The number of cyclic esters (lactones) is 1. The van der Waals surface area contributed by atoms with Gasteiger partial charge in [-0.15, -0.1) is 0 Å². The van der Waals surface area contributed by atoms with Crippen molar-refractivity contribution in [3.63, 3.8) is 0 Å². The number of ether oxygens (including phenoxy) is 1. The molecule has 0 radical (unpaired) electrons. The Labute approximate surface area is 313 Å². The summed E-state index contributed by atoms with van der Waals surface area (Å²) in [5.41, 5.74) is 18.5. The van der Waals surface area contributed by atoms with Crippen molar-refractivity contribution >= 4 is 28.5 Å². The van der Waals surface area contributed by atoms with Crippen molar-refractivity contribution < 1.29 is 19.4 Å². The highest BCUT2D eigenvalue weighted by Crippen LogP contribution is 2.43. The third-order valence-electron chi connectivity index (χ3n) is 11.1. The molecular formula is C42H55N7O4. The first-order valence-corrected chi connectivity index (χ1v) is 19.2. The number of phenolic OH excluding ortho intramolecular Hbond substituents is 1. The van der Waals surface area contributed by atoms with Crippen LogP contribution >= 0.6 is 0 Å². The van der Waals surface area contributed by atoms with E-state index in [-0.39, 0.29) is 36.6 Å². The molecule has 0 saturated carbocycles. The quantitative estimate of drug-likeness (QED) is 0.235. The van der Waals surface area contributed by atoms with Gasteiger partial charge in [0.1, 0.15) is 11.8 Å². The summed E-state index contributed by atoms with van der Waals surface area (Å²) in [6, 6.07) is 12.8. The normalized spacial score (nSPS) is 21.6. The number of benzene rings is 2. The van der Waals surface area contributed by atoms with Gasteiger partial charge in [0.15, 0.2) is 0 Å². The second kappa shape index (κ2) is 14.8. The zero-order valence-corrected chi connectivity index (χ0v) is 32.1. The number of carbonyl (C=O) groups is 2. The topological polar surface area (TPSA) is 129 Å². The van der Waals surface area contributed by atoms with E-state index < -0.39 is 17.5 Å². The van der Waals surface area contributed by atoms with E-state index in [1.165, 1.54) is 10.6 Å². The highest BCUT2D eigenvalue weighted by molar-refractivity contribution is 5.96. The first kappa shape index (κ1) is 36.9. The number of hydrogen-bond acceptors (Lipinski definition) is 9. The molecule has 53 heavy (non-hydrogen) atoms. The number of likely N-dealkylation sites (N-methyl/N-ethyl adjacent to an activating group) is 1. The van der Waals surface area contributed by atoms with Crippen molar-refractivity contribution in [2.45, 2.75) is 84.8 Å². The number of phenols is 1. The van der Waals surface area contributed by atoms with Crippen molar-refractivity contribution in [2.75, 3.05) is 51.3 Å². The summed E-state index contributed by atoms with van der Waals surface area (Å²) in [5, 5.41) is 13.5. The number of esters is 1. The zero-order valence-electron chi connectivity index (χ0n) is 32.1. The standard InChI is InChI=1S/C42H55N7O4/c1-7-48-37-11-10-28-21-32(37)34(39(48)33-22-30(24-44-38(33)26(2)3)47-15-13-46(6)14-16-47)23-42(4,5)25-53-41(52)36-9-8-12-49(45-36)40(51)35(43)19-27-17-29(28)20-31(50)18-27/h10-11,17-18,20-22,24,26,35-36,45,50H,7-9,12-16,19,23,25,43H2,1-6H3/t35-,36-/m0/s1. The molecule has 11 nitrogen and oxygen atoms in total. The molecule has 4 N–H and O–H groups in total. The monoisotopic (exact) mass is 721 g/mol. The van der Waals surface area contributed by atoms with E-state index in [1.54, 1.807) is 12.1 Å². The fourth-order valence-electron chi connectivity index (χ4n) is 8.28. The fourth-order valence-corrected chi connectivity index (χ4v) is 8.28. The zero-order chi connectivity index (χ0) is 37.6. The lowest BCUT2D eigenvalue weighted by molar-refractivity contribution is -0.154. The number of amides is 1. The van der Waals surface area contributed by atoms with Gasteiger partial charge in [0.05, 0.1) is 35.9 Å². The molecule has 2 saturated heterocycles. The number of pyridine rings is 1. The molecule has 2 fully saturated rings. The lowest BCUT2D eigenvalue weighted by atomic mass is 9.83. The van der Waals surface area contributed by atoms with Crippen LogP contribution in [0, 0.1) is 5.41 Å². The molecule has 2 aromatic heterocycles. The molecule has 7 rings (SSSR count). The number of anilines is 1. The van der Waals surface area contributed by atoms with Gasteiger partial charge in [-0.25, -0.2) is 5.43 Å². The van der Waals surface area contributed by atoms with Crippen molar-refractivity contribution in [3.05, 3.63) is 65.5 Å². The van der Waals surface area contributed by atoms with Gasteiger partial charge in [-0.2, -0.15) is 0 Å². The highest BCUT2D eigenvalue weighted by atomic mass is 16.5. The number of hydrogen-bond donors (Lipinski definition) is 3. The van der Waals surface area contributed by atoms with Gasteiger partial charge >= 0.3 is 5.97 Å². The van der Waals surface area contributed by atoms with E-state index in [0.717, 1.165) is 83.0 Å². The van der Waals surface area contributed by atoms with Crippen molar-refractivity contribution in [3.8, 4) is 28.1 Å². The number of hydrazine groups is 1. The molecule has 3 aliphatic heterocycles. The van der Waals surface area contributed by atoms with Crippen LogP contribution in [0.2, 0.25) is 0 Å². The van der Waals surface area contributed by atoms with Crippen molar-refractivity contribution in [1.29, 1.82) is 0 Å². The molecule has 6 bridgehead atoms. The van der Waals surface area contributed by atoms with Gasteiger partial charge < -0.3 is 29.9 Å². The van der Waals surface area contributed by atoms with Crippen LogP contribution in [0.5, 0.6) is 5.75 Å². The smallest absolute Gasteiger partial charge is 0.324 e. The average Bonchev–Trinajstić information content (AvgIpc) is 3.44. The van der Waals surface area contributed by atoms with Crippen LogP contribution in [0.25, 0.3) is 33.3 Å². The summed E-state index contributed by atoms with van der Waals surface area (Å²) in [4.78, 5) is 37.0. The van der Waals surface area contributed by atoms with E-state index in [0.29, 0.717) is 25.8 Å². The van der Waals surface area contributed by atoms with Gasteiger partial charge in [0, 0.05) is 61.1 Å². The third kappa shape index (κ3) is 7.52. The molecule has 282 valence electrons. The summed E-state index contributed by atoms with van der Waals surface area (Å²) in [7, 11) is 2.17. The van der Waals surface area contributed by atoms with Crippen LogP contribution in [0.15, 0.2) is 48.7 Å². The fraction of sp³-hybridized carbons (Fsp3) is 0.500. The maximum atomic E-state index is 13.5. The van der Waals surface area contributed by atoms with Crippen LogP contribution in [-0.2, 0) is 33.7 Å². The van der Waals surface area contributed by atoms with Crippen LogP contribution in [0.3, 0.4) is 0 Å². The van der Waals surface area contributed by atoms with Gasteiger partial charge in [0.25, 0.3) is 5.91 Å². The second-order valence-corrected chi connectivity index (χ2v) is 16.3. The Hall–Kier alpha value is -4.45. The van der Waals surface area contributed by atoms with E-state index >= 15 is 0 Å². The Kier molecular flexibility index (Phi) is 10.3. The number of piperazine rings is 1. The van der Waals surface area contributed by atoms with Crippen LogP contribution in [0.4, 0.5) is 5.69 Å². The number of nitrogens with one attached hydrogen (secondary N) is 1. The number of aromatic nitrogens is 2. The van der Waals surface area contributed by atoms with Gasteiger partial charge in [-0.3, -0.25) is 19.6 Å². The Bertz CT molecular complexity index is 2010. The first-order chi connectivity index (χ1) is 25.3. The predicted octanol–water partition coefficient (Wildman–Crippen LogP) is 5.46. The van der Waals surface area contributed by atoms with E-state index in [1.807, 2.05) is 12.3 Å². The van der Waals surface area contributed by atoms with Crippen molar-refractivity contribution in [1.82, 2.24) is 24.9 Å². The van der Waals surface area contributed by atoms with Crippen molar-refractivity contribution in [2.24, 2.45) is 11.1 Å². The summed E-state index contributed by atoms with van der Waals surface area (Å²) >= 11 is 0. The molecule has 3 aliphatic rings. The number of aryl methyl sites for hydroxylation is 1. The average molecular weight is 722 g/mol. The molecule has 4 aromatic rings. The van der Waals surface area contributed by atoms with E-state index in [9.17, 15) is 14.7 Å². The SMILES string of the molecule is CCn1c(-c2cc(N3CCN(C)CC3)cnc2C(C)C)c2c3cc(ccc31)-c1cc(O)cc(c1)C[C@H](N)C(=O)N1CCC[C@H](N1)C(=O)OCC(C)(C)C2. The lowest BCUT2D eigenvalue weighted by Crippen LogP contribution is -2.59. The third-order valence-corrected chi connectivity index (χ3v) is 11.1.